The summed E-state index contributed by atoms with van der Waals surface area (Å²) < 4.78 is 31.7. The summed E-state index contributed by atoms with van der Waals surface area (Å²) in [4.78, 5) is 0. The first-order valence-corrected chi connectivity index (χ1v) is 6.49. The van der Waals surface area contributed by atoms with Crippen LogP contribution in [0.3, 0.4) is 0 Å². The lowest BCUT2D eigenvalue weighted by Gasteiger charge is -2.49. The SMILES string of the molecule is Fc1cc(F)cc(OC2CC3(CCCNC3)C2)c1. The lowest BCUT2D eigenvalue weighted by atomic mass is 9.63. The Labute approximate surface area is 105 Å². The Hall–Kier alpha value is -1.16. The van der Waals surface area contributed by atoms with Crippen LogP contribution in [0.25, 0.3) is 0 Å². The summed E-state index contributed by atoms with van der Waals surface area (Å²) in [5, 5.41) is 3.40. The number of hydrogen-bond acceptors (Lipinski definition) is 2. The summed E-state index contributed by atoms with van der Waals surface area (Å²) in [6, 6.07) is 3.35. The molecule has 2 aliphatic rings. The minimum absolute atomic E-state index is 0.103. The fourth-order valence-corrected chi connectivity index (χ4v) is 3.16. The smallest absolute Gasteiger partial charge is 0.129 e. The Kier molecular flexibility index (Phi) is 2.98. The fraction of sp³-hybridized carbons (Fsp3) is 0.571. The topological polar surface area (TPSA) is 21.3 Å². The van der Waals surface area contributed by atoms with Crippen LogP contribution in [0.2, 0.25) is 0 Å². The maximum Gasteiger partial charge on any atom is 0.129 e. The Morgan fingerprint density at radius 1 is 1.17 bits per heavy atom. The van der Waals surface area contributed by atoms with Crippen molar-refractivity contribution in [2.24, 2.45) is 5.41 Å². The lowest BCUT2D eigenvalue weighted by molar-refractivity contribution is -0.0302. The van der Waals surface area contributed by atoms with Gasteiger partial charge in [-0.3, -0.25) is 0 Å². The molecule has 0 bridgehead atoms. The van der Waals surface area contributed by atoms with E-state index in [1.165, 1.54) is 25.0 Å². The maximum absolute atomic E-state index is 13.0. The van der Waals surface area contributed by atoms with Gasteiger partial charge in [0.25, 0.3) is 0 Å². The first-order valence-electron chi connectivity index (χ1n) is 6.49. The molecule has 1 N–H and O–H groups in total. The highest BCUT2D eigenvalue weighted by Gasteiger charge is 2.45. The molecule has 1 aliphatic heterocycles. The highest BCUT2D eigenvalue weighted by atomic mass is 19.1. The second-order valence-corrected chi connectivity index (χ2v) is 5.53. The predicted octanol–water partition coefficient (Wildman–Crippen LogP) is 2.88. The number of nitrogens with one attached hydrogen (secondary N) is 1. The summed E-state index contributed by atoms with van der Waals surface area (Å²) in [5.41, 5.74) is 0.370. The van der Waals surface area contributed by atoms with Gasteiger partial charge in [0.15, 0.2) is 0 Å². The van der Waals surface area contributed by atoms with Crippen LogP contribution in [0.1, 0.15) is 25.7 Å². The number of halogens is 2. The van der Waals surface area contributed by atoms with Gasteiger partial charge in [0.05, 0.1) is 6.10 Å². The number of hydrogen-bond donors (Lipinski definition) is 1. The normalized spacial score (nSPS) is 31.1. The molecule has 0 aromatic heterocycles. The zero-order valence-electron chi connectivity index (χ0n) is 10.2. The van der Waals surface area contributed by atoms with Crippen molar-refractivity contribution >= 4 is 0 Å². The molecular weight excluding hydrogens is 236 g/mol. The summed E-state index contributed by atoms with van der Waals surface area (Å²) in [5.74, 6) is -0.868. The third-order valence-corrected chi connectivity index (χ3v) is 4.02. The second-order valence-electron chi connectivity index (χ2n) is 5.53. The molecule has 1 saturated heterocycles. The molecule has 98 valence electrons. The van der Waals surface area contributed by atoms with E-state index in [2.05, 4.69) is 5.32 Å². The van der Waals surface area contributed by atoms with Crippen molar-refractivity contribution in [1.29, 1.82) is 0 Å². The highest BCUT2D eigenvalue weighted by molar-refractivity contribution is 5.24. The Morgan fingerprint density at radius 2 is 1.89 bits per heavy atom. The molecule has 0 atom stereocenters. The number of rotatable bonds is 2. The van der Waals surface area contributed by atoms with E-state index >= 15 is 0 Å². The Bertz CT molecular complexity index is 415. The fourth-order valence-electron chi connectivity index (χ4n) is 3.16. The van der Waals surface area contributed by atoms with Crippen LogP contribution >= 0.6 is 0 Å². The van der Waals surface area contributed by atoms with Gasteiger partial charge in [-0.05, 0) is 37.6 Å². The zero-order valence-corrected chi connectivity index (χ0v) is 10.2. The molecular formula is C14H17F2NO. The van der Waals surface area contributed by atoms with E-state index in [4.69, 9.17) is 4.74 Å². The van der Waals surface area contributed by atoms with Crippen molar-refractivity contribution in [3.8, 4) is 5.75 Å². The molecule has 2 fully saturated rings. The van der Waals surface area contributed by atoms with Gasteiger partial charge >= 0.3 is 0 Å². The van der Waals surface area contributed by atoms with Crippen molar-refractivity contribution in [2.45, 2.75) is 31.8 Å². The molecule has 1 spiro atoms. The van der Waals surface area contributed by atoms with Crippen molar-refractivity contribution in [3.05, 3.63) is 29.8 Å². The Morgan fingerprint density at radius 3 is 2.50 bits per heavy atom. The molecule has 4 heteroatoms. The van der Waals surface area contributed by atoms with Gasteiger partial charge < -0.3 is 10.1 Å². The van der Waals surface area contributed by atoms with Gasteiger partial charge in [-0.2, -0.15) is 0 Å². The van der Waals surface area contributed by atoms with Crippen LogP contribution in [-0.4, -0.2) is 19.2 Å². The maximum atomic E-state index is 13.0. The summed E-state index contributed by atoms with van der Waals surface area (Å²) in [6.45, 7) is 2.15. The molecule has 1 aromatic carbocycles. The Balaban J connectivity index is 1.59. The van der Waals surface area contributed by atoms with E-state index < -0.39 is 11.6 Å². The molecule has 0 unspecified atom stereocenters. The van der Waals surface area contributed by atoms with Crippen LogP contribution in [0.15, 0.2) is 18.2 Å². The number of benzene rings is 1. The lowest BCUT2D eigenvalue weighted by Crippen LogP contribution is -2.52. The average molecular weight is 253 g/mol. The third-order valence-electron chi connectivity index (χ3n) is 4.02. The van der Waals surface area contributed by atoms with E-state index in [-0.39, 0.29) is 6.10 Å². The van der Waals surface area contributed by atoms with Gasteiger partial charge in [-0.1, -0.05) is 0 Å². The van der Waals surface area contributed by atoms with Crippen molar-refractivity contribution < 1.29 is 13.5 Å². The monoisotopic (exact) mass is 253 g/mol. The summed E-state index contributed by atoms with van der Waals surface area (Å²) in [7, 11) is 0. The van der Waals surface area contributed by atoms with E-state index in [1.807, 2.05) is 0 Å². The van der Waals surface area contributed by atoms with Gasteiger partial charge in [0.1, 0.15) is 17.4 Å². The highest BCUT2D eigenvalue weighted by Crippen LogP contribution is 2.47. The largest absolute Gasteiger partial charge is 0.490 e. The van der Waals surface area contributed by atoms with Crippen LogP contribution < -0.4 is 10.1 Å². The van der Waals surface area contributed by atoms with Crippen LogP contribution in [-0.2, 0) is 0 Å². The van der Waals surface area contributed by atoms with E-state index in [1.54, 1.807) is 0 Å². The minimum atomic E-state index is -0.585. The molecule has 1 aliphatic carbocycles. The predicted molar refractivity (Wildman–Crippen MR) is 64.5 cm³/mol. The molecule has 1 aromatic rings. The first-order chi connectivity index (χ1) is 8.65. The standard InChI is InChI=1S/C14H17F2NO/c15-10-4-11(16)6-12(5-10)18-13-7-14(8-13)2-1-3-17-9-14/h4-6,13,17H,1-3,7-9H2. The molecule has 0 radical (unpaired) electrons. The van der Waals surface area contributed by atoms with E-state index in [0.717, 1.165) is 32.0 Å². The molecule has 1 saturated carbocycles. The molecule has 0 amide bonds. The van der Waals surface area contributed by atoms with Crippen LogP contribution in [0.5, 0.6) is 5.75 Å². The number of piperidine rings is 1. The van der Waals surface area contributed by atoms with Gasteiger partial charge in [-0.15, -0.1) is 0 Å². The van der Waals surface area contributed by atoms with Crippen molar-refractivity contribution in [2.75, 3.05) is 13.1 Å². The van der Waals surface area contributed by atoms with E-state index in [0.29, 0.717) is 11.2 Å². The molecule has 1 heterocycles. The van der Waals surface area contributed by atoms with Crippen molar-refractivity contribution in [1.82, 2.24) is 5.32 Å². The summed E-state index contributed by atoms with van der Waals surface area (Å²) >= 11 is 0. The van der Waals surface area contributed by atoms with Gasteiger partial charge in [-0.25, -0.2) is 8.78 Å². The van der Waals surface area contributed by atoms with E-state index in [9.17, 15) is 8.78 Å². The first kappa shape index (κ1) is 11.9. The molecule has 18 heavy (non-hydrogen) atoms. The summed E-state index contributed by atoms with van der Waals surface area (Å²) in [6.07, 6.45) is 4.51. The van der Waals surface area contributed by atoms with Gasteiger partial charge in [0, 0.05) is 24.7 Å². The zero-order chi connectivity index (χ0) is 12.6. The van der Waals surface area contributed by atoms with Gasteiger partial charge in [0.2, 0.25) is 0 Å². The molecule has 3 rings (SSSR count). The average Bonchev–Trinajstić information content (AvgIpc) is 2.27. The molecule has 2 nitrogen and oxygen atoms in total. The quantitative estimate of drug-likeness (QED) is 0.875. The van der Waals surface area contributed by atoms with Crippen LogP contribution in [0, 0.1) is 17.0 Å². The van der Waals surface area contributed by atoms with Crippen LogP contribution in [0.4, 0.5) is 8.78 Å². The number of ether oxygens (including phenoxy) is 1. The second kappa shape index (κ2) is 4.50. The van der Waals surface area contributed by atoms with Crippen molar-refractivity contribution in [3.63, 3.8) is 0 Å². The third kappa shape index (κ3) is 2.34. The minimum Gasteiger partial charge on any atom is -0.490 e.